The van der Waals surface area contributed by atoms with Gasteiger partial charge in [-0.1, -0.05) is 11.8 Å². The standard InChI is InChI=1S/C5H3NS/c1-2-6-3-5-7-4-1/h1,3-4H. The van der Waals surface area contributed by atoms with Crippen LogP contribution in [0.1, 0.15) is 0 Å². The molecule has 0 aromatic heterocycles. The number of thioether (sulfide) groups is 1. The zero-order chi connectivity index (χ0) is 4.95. The van der Waals surface area contributed by atoms with Gasteiger partial charge in [-0.15, -0.1) is 0 Å². The molecule has 0 saturated carbocycles. The molecule has 0 atom stereocenters. The summed E-state index contributed by atoms with van der Waals surface area (Å²) in [5, 5.41) is 4.69. The van der Waals surface area contributed by atoms with Crippen molar-refractivity contribution in [2.75, 3.05) is 0 Å². The van der Waals surface area contributed by atoms with E-state index in [0.717, 1.165) is 0 Å². The largest absolute Gasteiger partial charge is 0.253 e. The summed E-state index contributed by atoms with van der Waals surface area (Å²) in [6, 6.07) is 0. The molecule has 2 radical (unpaired) electrons. The number of hydrogen-bond acceptors (Lipinski definition) is 2. The van der Waals surface area contributed by atoms with E-state index in [0.29, 0.717) is 0 Å². The molecule has 1 heterocycles. The molecule has 0 spiro atoms. The summed E-state index contributed by atoms with van der Waals surface area (Å²) in [6.07, 6.45) is 5.99. The number of rotatable bonds is 0. The fraction of sp³-hybridized carbons (Fsp3) is 0. The van der Waals surface area contributed by atoms with Crippen LogP contribution in [0.25, 0.3) is 0 Å². The van der Waals surface area contributed by atoms with Crippen molar-refractivity contribution in [3.63, 3.8) is 0 Å². The zero-order valence-corrected chi connectivity index (χ0v) is 4.40. The molecule has 0 amide bonds. The molecule has 0 aliphatic carbocycles. The summed E-state index contributed by atoms with van der Waals surface area (Å²) in [5.74, 6) is 0. The third kappa shape index (κ3) is 1.59. The van der Waals surface area contributed by atoms with E-state index in [2.05, 4.69) is 16.6 Å². The third-order valence-electron chi connectivity index (χ3n) is 0.470. The molecule has 1 nitrogen and oxygen atoms in total. The first-order chi connectivity index (χ1) is 3.50. The summed E-state index contributed by atoms with van der Waals surface area (Å²) < 4.78 is 0. The maximum atomic E-state index is 3.68. The molecule has 34 valence electrons. The second-order valence-corrected chi connectivity index (χ2v) is 1.67. The average molecular weight is 109 g/mol. The van der Waals surface area contributed by atoms with Crippen molar-refractivity contribution in [3.8, 4) is 0 Å². The van der Waals surface area contributed by atoms with E-state index in [9.17, 15) is 0 Å². The quantitative estimate of drug-likeness (QED) is 0.459. The van der Waals surface area contributed by atoms with Crippen LogP contribution < -0.4 is 0 Å². The molecule has 0 aromatic carbocycles. The van der Waals surface area contributed by atoms with Crippen molar-refractivity contribution in [3.05, 3.63) is 23.1 Å². The lowest BCUT2D eigenvalue weighted by atomic mass is 10.7. The van der Waals surface area contributed by atoms with Gasteiger partial charge in [-0.3, -0.25) is 4.99 Å². The van der Waals surface area contributed by atoms with Crippen LogP contribution in [0.3, 0.4) is 0 Å². The van der Waals surface area contributed by atoms with E-state index < -0.39 is 0 Å². The van der Waals surface area contributed by atoms with Gasteiger partial charge in [-0.05, 0) is 11.5 Å². The highest BCUT2D eigenvalue weighted by molar-refractivity contribution is 8.03. The minimum absolute atomic E-state index is 1.47. The van der Waals surface area contributed by atoms with Crippen LogP contribution in [0.15, 0.2) is 22.7 Å². The van der Waals surface area contributed by atoms with Crippen LogP contribution in [0.2, 0.25) is 0 Å². The molecular formula is C5H3NS. The molecule has 0 fully saturated rings. The van der Waals surface area contributed by atoms with E-state index in [1.807, 2.05) is 5.41 Å². The van der Waals surface area contributed by atoms with E-state index >= 15 is 0 Å². The van der Waals surface area contributed by atoms with Crippen molar-refractivity contribution >= 4 is 18.0 Å². The Hall–Kier alpha value is -0.500. The van der Waals surface area contributed by atoms with Gasteiger partial charge < -0.3 is 0 Å². The minimum atomic E-state index is 1.47. The van der Waals surface area contributed by atoms with Crippen LogP contribution in [0, 0.1) is 5.41 Å². The molecule has 2 heteroatoms. The molecule has 0 unspecified atom stereocenters. The summed E-state index contributed by atoms with van der Waals surface area (Å²) in [4.78, 5) is 3.68. The van der Waals surface area contributed by atoms with E-state index in [1.165, 1.54) is 11.8 Å². The van der Waals surface area contributed by atoms with Gasteiger partial charge in [0.15, 0.2) is 0 Å². The zero-order valence-electron chi connectivity index (χ0n) is 3.59. The molecule has 1 aliphatic heterocycles. The Morgan fingerprint density at radius 3 is 3.57 bits per heavy atom. The molecule has 0 bridgehead atoms. The second-order valence-electron chi connectivity index (χ2n) is 0.926. The lowest BCUT2D eigenvalue weighted by molar-refractivity contribution is 1.61. The van der Waals surface area contributed by atoms with Crippen LogP contribution in [-0.2, 0) is 0 Å². The van der Waals surface area contributed by atoms with Crippen molar-refractivity contribution in [1.29, 1.82) is 0 Å². The number of allylic oxidation sites excluding steroid dienone is 1. The number of aliphatic imine (C=N–C) groups is 1. The smallest absolute Gasteiger partial charge is 0.0892 e. The molecule has 0 saturated heterocycles. The topological polar surface area (TPSA) is 12.4 Å². The maximum Gasteiger partial charge on any atom is 0.0892 e. The molecule has 7 heavy (non-hydrogen) atoms. The van der Waals surface area contributed by atoms with Gasteiger partial charge in [-0.25, -0.2) is 0 Å². The normalized spacial score (nSPS) is 17.1. The average Bonchev–Trinajstić information content (AvgIpc) is 1.90. The van der Waals surface area contributed by atoms with Gasteiger partial charge in [0.25, 0.3) is 0 Å². The summed E-state index contributed by atoms with van der Waals surface area (Å²) >= 11 is 1.47. The van der Waals surface area contributed by atoms with Gasteiger partial charge in [0.05, 0.1) is 6.21 Å². The Morgan fingerprint density at radius 2 is 2.57 bits per heavy atom. The molecule has 1 aliphatic rings. The SMILES string of the molecule is [C]1=CN=[C]C=CS1. The molecular weight excluding hydrogens is 106 g/mol. The van der Waals surface area contributed by atoms with Gasteiger partial charge >= 0.3 is 0 Å². The van der Waals surface area contributed by atoms with Crippen molar-refractivity contribution in [2.45, 2.75) is 0 Å². The first kappa shape index (κ1) is 4.65. The predicted molar refractivity (Wildman–Crippen MR) is 32.0 cm³/mol. The number of nitrogens with zero attached hydrogens (tertiary/aromatic N) is 1. The van der Waals surface area contributed by atoms with Gasteiger partial charge in [0.1, 0.15) is 0 Å². The van der Waals surface area contributed by atoms with E-state index in [4.69, 9.17) is 0 Å². The highest BCUT2D eigenvalue weighted by Gasteiger charge is 1.73. The fourth-order valence-corrected chi connectivity index (χ4v) is 0.562. The Labute approximate surface area is 46.8 Å². The Kier molecular flexibility index (Phi) is 1.75. The summed E-state index contributed by atoms with van der Waals surface area (Å²) in [7, 11) is 0. The highest BCUT2D eigenvalue weighted by Crippen LogP contribution is 2.02. The van der Waals surface area contributed by atoms with Crippen LogP contribution >= 0.6 is 11.8 Å². The fourth-order valence-electron chi connectivity index (χ4n) is 0.241. The van der Waals surface area contributed by atoms with E-state index in [-0.39, 0.29) is 0 Å². The van der Waals surface area contributed by atoms with Crippen LogP contribution in [0.5, 0.6) is 0 Å². The summed E-state index contributed by atoms with van der Waals surface area (Å²) in [6.45, 7) is 0. The highest BCUT2D eigenvalue weighted by atomic mass is 32.2. The van der Waals surface area contributed by atoms with E-state index in [1.54, 1.807) is 12.3 Å². The lowest BCUT2D eigenvalue weighted by Crippen LogP contribution is -1.52. The summed E-state index contributed by atoms with van der Waals surface area (Å²) in [5.41, 5.74) is 0. The first-order valence-electron chi connectivity index (χ1n) is 1.83. The maximum absolute atomic E-state index is 3.68. The molecule has 0 N–H and O–H groups in total. The van der Waals surface area contributed by atoms with Crippen molar-refractivity contribution < 1.29 is 0 Å². The molecule has 1 rings (SSSR count). The van der Waals surface area contributed by atoms with Crippen molar-refractivity contribution in [2.24, 2.45) is 4.99 Å². The lowest BCUT2D eigenvalue weighted by Gasteiger charge is -1.67. The van der Waals surface area contributed by atoms with Gasteiger partial charge in [0, 0.05) is 11.6 Å². The van der Waals surface area contributed by atoms with Gasteiger partial charge in [0.2, 0.25) is 0 Å². The van der Waals surface area contributed by atoms with Crippen molar-refractivity contribution in [1.82, 2.24) is 0 Å². The Balaban J connectivity index is 2.60. The number of hydrogen-bond donors (Lipinski definition) is 0. The van der Waals surface area contributed by atoms with Gasteiger partial charge in [-0.2, -0.15) is 0 Å². The van der Waals surface area contributed by atoms with Crippen LogP contribution in [0.4, 0.5) is 0 Å². The Morgan fingerprint density at radius 1 is 1.57 bits per heavy atom. The second kappa shape index (κ2) is 2.64. The first-order valence-corrected chi connectivity index (χ1v) is 2.71. The Bertz CT molecular complexity index is 110. The third-order valence-corrected chi connectivity index (χ3v) is 0.984. The monoisotopic (exact) mass is 109 g/mol. The van der Waals surface area contributed by atoms with Crippen LogP contribution in [-0.4, -0.2) is 6.21 Å². The minimum Gasteiger partial charge on any atom is -0.253 e. The predicted octanol–water partition coefficient (Wildman–Crippen LogP) is 1.47. The molecule has 0 aromatic rings.